The smallest absolute Gasteiger partial charge is 0.248 e. The molecule has 0 atom stereocenters. The van der Waals surface area contributed by atoms with Gasteiger partial charge in [-0.15, -0.1) is 0 Å². The summed E-state index contributed by atoms with van der Waals surface area (Å²) in [7, 11) is -6.49. The van der Waals surface area contributed by atoms with E-state index in [1.165, 1.54) is 0 Å². The second-order valence-corrected chi connectivity index (χ2v) is 20.7. The Kier molecular flexibility index (Phi) is 6.34. The fourth-order valence-electron chi connectivity index (χ4n) is 5.60. The first-order chi connectivity index (χ1) is 16.7. The minimum Gasteiger partial charge on any atom is -0.397 e. The van der Waals surface area contributed by atoms with Crippen LogP contribution in [0.15, 0.2) is 121 Å². The van der Waals surface area contributed by atoms with Gasteiger partial charge in [-0.05, 0) is 34.0 Å². The summed E-state index contributed by atoms with van der Waals surface area (Å²) in [6, 6.07) is 40.8. The molecule has 0 unspecified atom stereocenters. The van der Waals surface area contributed by atoms with Crippen molar-refractivity contribution in [3.63, 3.8) is 0 Å². The van der Waals surface area contributed by atoms with Crippen LogP contribution in [0.2, 0.25) is 6.04 Å². The maximum Gasteiger partial charge on any atom is 0.248 e. The van der Waals surface area contributed by atoms with E-state index < -0.39 is 33.6 Å². The van der Waals surface area contributed by atoms with E-state index in [0.29, 0.717) is 12.5 Å². The standard InChI is InChI=1S/C29H28F2OSi2/c30-23-33(24-31)22-21-29(25-13-5-1-6-14-25,26-15-7-2-8-16-26)32-34(33,27-17-9-3-10-18-27)28-19-11-4-12-20-28/h1-20H,21-24H2. The van der Waals surface area contributed by atoms with Crippen molar-refractivity contribution in [2.24, 2.45) is 0 Å². The molecule has 4 aromatic rings. The number of rotatable bonds is 6. The average molecular weight is 487 g/mol. The van der Waals surface area contributed by atoms with Crippen molar-refractivity contribution in [3.05, 3.63) is 132 Å². The third kappa shape index (κ3) is 3.50. The molecule has 0 bridgehead atoms. The van der Waals surface area contributed by atoms with Crippen LogP contribution >= 0.6 is 0 Å². The number of benzene rings is 4. The summed E-state index contributed by atoms with van der Waals surface area (Å²) in [6.07, 6.45) is -0.687. The number of alkyl halides is 2. The first-order valence-corrected chi connectivity index (χ1v) is 17.3. The Labute approximate surface area is 202 Å². The molecular formula is C29H28F2OSi2. The normalized spacial score (nSPS) is 18.3. The van der Waals surface area contributed by atoms with Crippen molar-refractivity contribution in [3.8, 4) is 0 Å². The fourth-order valence-corrected chi connectivity index (χ4v) is 20.1. The highest BCUT2D eigenvalue weighted by molar-refractivity contribution is 7.49. The van der Waals surface area contributed by atoms with Crippen molar-refractivity contribution >= 4 is 25.8 Å². The van der Waals surface area contributed by atoms with E-state index in [1.54, 1.807) is 0 Å². The largest absolute Gasteiger partial charge is 0.397 e. The van der Waals surface area contributed by atoms with Crippen LogP contribution in [0.4, 0.5) is 8.78 Å². The molecule has 1 saturated heterocycles. The summed E-state index contributed by atoms with van der Waals surface area (Å²) in [5.41, 5.74) is 1.29. The summed E-state index contributed by atoms with van der Waals surface area (Å²) in [5, 5.41) is 1.92. The van der Waals surface area contributed by atoms with Crippen LogP contribution in [-0.4, -0.2) is 28.0 Å². The lowest BCUT2D eigenvalue weighted by atomic mass is 9.84. The van der Waals surface area contributed by atoms with E-state index in [9.17, 15) is 0 Å². The molecule has 0 aliphatic carbocycles. The quantitative estimate of drug-likeness (QED) is 0.320. The second kappa shape index (κ2) is 9.41. The van der Waals surface area contributed by atoms with Gasteiger partial charge in [-0.1, -0.05) is 121 Å². The number of hydrogen-bond acceptors (Lipinski definition) is 1. The molecule has 0 saturated carbocycles. The van der Waals surface area contributed by atoms with E-state index in [2.05, 4.69) is 24.3 Å². The molecule has 172 valence electrons. The maximum atomic E-state index is 15.2. The van der Waals surface area contributed by atoms with Gasteiger partial charge >= 0.3 is 0 Å². The minimum absolute atomic E-state index is 0.528. The number of hydrogen-bond donors (Lipinski definition) is 0. The highest BCUT2D eigenvalue weighted by atomic mass is 29.3. The molecule has 0 N–H and O–H groups in total. The summed E-state index contributed by atoms with van der Waals surface area (Å²) < 4.78 is 38.0. The molecule has 1 heterocycles. The molecule has 5 rings (SSSR count). The zero-order chi connectivity index (χ0) is 23.5. The van der Waals surface area contributed by atoms with Crippen LogP contribution in [0.25, 0.3) is 0 Å². The van der Waals surface area contributed by atoms with Gasteiger partial charge in [0.25, 0.3) is 0 Å². The van der Waals surface area contributed by atoms with E-state index >= 15 is 8.78 Å². The Morgan fingerprint density at radius 3 is 1.35 bits per heavy atom. The van der Waals surface area contributed by atoms with Crippen LogP contribution in [0, 0.1) is 0 Å². The third-order valence-corrected chi connectivity index (χ3v) is 22.1. The highest BCUT2D eigenvalue weighted by Gasteiger charge is 2.66. The van der Waals surface area contributed by atoms with E-state index in [1.807, 2.05) is 97.1 Å². The van der Waals surface area contributed by atoms with Crippen LogP contribution in [-0.2, 0) is 10.0 Å². The molecule has 0 spiro atoms. The molecule has 0 aromatic heterocycles. The van der Waals surface area contributed by atoms with Gasteiger partial charge in [-0.3, -0.25) is 8.78 Å². The molecule has 1 nitrogen and oxygen atoms in total. The van der Waals surface area contributed by atoms with Gasteiger partial charge in [0.05, 0.1) is 12.6 Å². The van der Waals surface area contributed by atoms with E-state index in [0.717, 1.165) is 21.5 Å². The topological polar surface area (TPSA) is 9.23 Å². The Hall–Kier alpha value is -2.87. The summed E-state index contributed by atoms with van der Waals surface area (Å²) in [5.74, 6) is 0. The van der Waals surface area contributed by atoms with Gasteiger partial charge in [-0.25, -0.2) is 0 Å². The molecule has 1 fully saturated rings. The number of halogens is 2. The lowest BCUT2D eigenvalue weighted by Gasteiger charge is -2.55. The average Bonchev–Trinajstić information content (AvgIpc) is 2.94. The summed E-state index contributed by atoms with van der Waals surface area (Å²) in [6.45, 7) is 0. The molecule has 1 aliphatic rings. The molecule has 0 amide bonds. The lowest BCUT2D eigenvalue weighted by Crippen LogP contribution is -2.84. The molecule has 5 heteroatoms. The van der Waals surface area contributed by atoms with Gasteiger partial charge in [0.15, 0.2) is 7.59 Å². The first kappa shape index (κ1) is 22.9. The maximum absolute atomic E-state index is 15.2. The van der Waals surface area contributed by atoms with Crippen molar-refractivity contribution in [2.75, 3.05) is 12.6 Å². The van der Waals surface area contributed by atoms with E-state index in [-0.39, 0.29) is 0 Å². The van der Waals surface area contributed by atoms with Crippen molar-refractivity contribution < 1.29 is 13.2 Å². The van der Waals surface area contributed by atoms with Gasteiger partial charge in [-0.2, -0.15) is 0 Å². The zero-order valence-corrected chi connectivity index (χ0v) is 21.0. The van der Waals surface area contributed by atoms with Gasteiger partial charge in [0.2, 0.25) is 7.83 Å². The van der Waals surface area contributed by atoms with Crippen LogP contribution in [0.3, 0.4) is 0 Å². The van der Waals surface area contributed by atoms with Crippen molar-refractivity contribution in [1.82, 2.24) is 0 Å². The molecular weight excluding hydrogens is 458 g/mol. The molecule has 34 heavy (non-hydrogen) atoms. The summed E-state index contributed by atoms with van der Waals surface area (Å²) >= 11 is 0. The monoisotopic (exact) mass is 486 g/mol. The highest BCUT2D eigenvalue weighted by Crippen LogP contribution is 2.48. The van der Waals surface area contributed by atoms with Gasteiger partial charge in [0, 0.05) is 0 Å². The van der Waals surface area contributed by atoms with Gasteiger partial charge < -0.3 is 4.43 Å². The Bertz CT molecular complexity index is 1120. The molecule has 4 aromatic carbocycles. The third-order valence-electron chi connectivity index (χ3n) is 7.38. The SMILES string of the molecule is FC[Si]1(CF)CCC(c2ccccc2)(c2ccccc2)O[Si]1(c1ccccc1)c1ccccc1. The fraction of sp³-hybridized carbons (Fsp3) is 0.172. The molecule has 1 aliphatic heterocycles. The molecule has 0 radical (unpaired) electrons. The Morgan fingerprint density at radius 2 is 0.971 bits per heavy atom. The lowest BCUT2D eigenvalue weighted by molar-refractivity contribution is 0.0969. The van der Waals surface area contributed by atoms with Crippen LogP contribution in [0.1, 0.15) is 17.5 Å². The van der Waals surface area contributed by atoms with E-state index in [4.69, 9.17) is 4.43 Å². The van der Waals surface area contributed by atoms with Gasteiger partial charge in [0.1, 0.15) is 5.60 Å². The second-order valence-electron chi connectivity index (χ2n) is 9.12. The van der Waals surface area contributed by atoms with Crippen LogP contribution in [0.5, 0.6) is 0 Å². The predicted octanol–water partition coefficient (Wildman–Crippen LogP) is 5.66. The summed E-state index contributed by atoms with van der Waals surface area (Å²) in [4.78, 5) is 0. The Balaban J connectivity index is 1.85. The van der Waals surface area contributed by atoms with Crippen LogP contribution < -0.4 is 10.4 Å². The first-order valence-electron chi connectivity index (χ1n) is 11.7. The minimum atomic E-state index is -3.33. The zero-order valence-electron chi connectivity index (χ0n) is 19.0. The van der Waals surface area contributed by atoms with Crippen molar-refractivity contribution in [2.45, 2.75) is 18.1 Å². The van der Waals surface area contributed by atoms with Crippen molar-refractivity contribution in [1.29, 1.82) is 0 Å². The predicted molar refractivity (Wildman–Crippen MR) is 140 cm³/mol. The Morgan fingerprint density at radius 1 is 0.588 bits per heavy atom.